The first-order valence-electron chi connectivity index (χ1n) is 4.16. The Bertz CT molecular complexity index is 238. The van der Waals surface area contributed by atoms with Crippen LogP contribution in [0.4, 0.5) is 0 Å². The van der Waals surface area contributed by atoms with Gasteiger partial charge in [0, 0.05) is 46.1 Å². The van der Waals surface area contributed by atoms with E-state index in [1.807, 2.05) is 6.92 Å². The van der Waals surface area contributed by atoms with Gasteiger partial charge in [0.25, 0.3) is 0 Å². The van der Waals surface area contributed by atoms with E-state index in [1.54, 1.807) is 6.42 Å². The van der Waals surface area contributed by atoms with E-state index in [0.717, 1.165) is 7.11 Å². The standard InChI is InChI=1S/C7H14O6P.Y/c1-5-3-7(8)13-6(5)4-12-14(9,10)11-2;/h3,5-8H,4H2,1-2H3,(H,9,10);/q-1;/t5-,6?,7?;/m1./s1. The van der Waals surface area contributed by atoms with Gasteiger partial charge in [0.15, 0.2) is 0 Å². The molecule has 0 spiro atoms. The molecule has 6 nitrogen and oxygen atoms in total. The normalized spacial score (nSPS) is 34.5. The molecule has 0 bridgehead atoms. The van der Waals surface area contributed by atoms with Crippen LogP contribution in [0.2, 0.25) is 0 Å². The smallest absolute Gasteiger partial charge is 0.398 e. The largest absolute Gasteiger partial charge is 0.471 e. The molecule has 4 atom stereocenters. The molecule has 0 saturated carbocycles. The van der Waals surface area contributed by atoms with Crippen molar-refractivity contribution in [1.29, 1.82) is 0 Å². The molecule has 1 aliphatic heterocycles. The Morgan fingerprint density at radius 3 is 2.60 bits per heavy atom. The monoisotopic (exact) mass is 314 g/mol. The molecule has 2 N–H and O–H groups in total. The van der Waals surface area contributed by atoms with Gasteiger partial charge < -0.3 is 14.7 Å². The van der Waals surface area contributed by atoms with Crippen LogP contribution in [0.25, 0.3) is 0 Å². The second-order valence-corrected chi connectivity index (χ2v) is 4.62. The Kier molecular flexibility index (Phi) is 7.28. The molecule has 15 heavy (non-hydrogen) atoms. The van der Waals surface area contributed by atoms with Gasteiger partial charge in [-0.3, -0.25) is 15.5 Å². The van der Waals surface area contributed by atoms with Crippen molar-refractivity contribution in [2.45, 2.75) is 19.3 Å². The van der Waals surface area contributed by atoms with Gasteiger partial charge in [-0.25, -0.2) is 4.57 Å². The predicted molar refractivity (Wildman–Crippen MR) is 47.1 cm³/mol. The van der Waals surface area contributed by atoms with Crippen LogP contribution in [0.15, 0.2) is 0 Å². The number of hydrogen-bond acceptors (Lipinski definition) is 5. The number of aliphatic hydroxyl groups excluding tert-OH is 1. The number of rotatable bonds is 4. The number of aliphatic hydroxyl groups is 1. The summed E-state index contributed by atoms with van der Waals surface area (Å²) in [5.41, 5.74) is 0. The van der Waals surface area contributed by atoms with Crippen molar-refractivity contribution in [1.82, 2.24) is 0 Å². The Hall–Kier alpha value is 1.13. The molecule has 0 aromatic rings. The predicted octanol–water partition coefficient (Wildman–Crippen LogP) is 0.305. The minimum Gasteiger partial charge on any atom is -0.398 e. The van der Waals surface area contributed by atoms with Crippen molar-refractivity contribution >= 4 is 7.82 Å². The van der Waals surface area contributed by atoms with Crippen LogP contribution in [0, 0.1) is 12.3 Å². The fraction of sp³-hybridized carbons (Fsp3) is 0.857. The minimum absolute atomic E-state index is 0. The van der Waals surface area contributed by atoms with Gasteiger partial charge in [-0.1, -0.05) is 6.92 Å². The first kappa shape index (κ1) is 16.1. The van der Waals surface area contributed by atoms with Crippen LogP contribution in [0.3, 0.4) is 0 Å². The molecule has 0 aliphatic carbocycles. The molecule has 1 fully saturated rings. The molecule has 1 heterocycles. The van der Waals surface area contributed by atoms with Crippen molar-refractivity contribution < 1.29 is 61.1 Å². The summed E-state index contributed by atoms with van der Waals surface area (Å²) in [6, 6.07) is 0. The zero-order valence-corrected chi connectivity index (χ0v) is 12.3. The van der Waals surface area contributed by atoms with Crippen molar-refractivity contribution in [2.24, 2.45) is 5.92 Å². The average Bonchev–Trinajstić information content (AvgIpc) is 2.42. The maximum Gasteiger partial charge on any atom is 0.471 e. The summed E-state index contributed by atoms with van der Waals surface area (Å²) in [4.78, 5) is 8.92. The van der Waals surface area contributed by atoms with Gasteiger partial charge in [0.1, 0.15) is 0 Å². The second-order valence-electron chi connectivity index (χ2n) is 3.06. The fourth-order valence-corrected chi connectivity index (χ4v) is 1.58. The second kappa shape index (κ2) is 6.77. The maximum absolute atomic E-state index is 10.9. The van der Waals surface area contributed by atoms with E-state index < -0.39 is 20.2 Å². The Balaban J connectivity index is 0.00000196. The molecule has 3 unspecified atom stereocenters. The fourth-order valence-electron chi connectivity index (χ4n) is 1.14. The molecule has 0 aromatic heterocycles. The van der Waals surface area contributed by atoms with Gasteiger partial charge >= 0.3 is 7.82 Å². The summed E-state index contributed by atoms with van der Waals surface area (Å²) in [5.74, 6) is -0.0261. The van der Waals surface area contributed by atoms with Gasteiger partial charge in [-0.05, 0) is 0 Å². The zero-order valence-electron chi connectivity index (χ0n) is 8.57. The van der Waals surface area contributed by atoms with E-state index in [-0.39, 0.29) is 45.2 Å². The maximum atomic E-state index is 10.9. The molecular formula is C7H14O6PY-. The summed E-state index contributed by atoms with van der Waals surface area (Å²) in [6.07, 6.45) is 0.239. The summed E-state index contributed by atoms with van der Waals surface area (Å²) in [6.45, 7) is 1.73. The van der Waals surface area contributed by atoms with E-state index in [0.29, 0.717) is 0 Å². The molecule has 0 amide bonds. The van der Waals surface area contributed by atoms with E-state index in [1.165, 1.54) is 0 Å². The average molecular weight is 314 g/mol. The van der Waals surface area contributed by atoms with Crippen LogP contribution in [0.5, 0.6) is 0 Å². The number of phosphoric acid groups is 1. The molecule has 1 radical (unpaired) electrons. The van der Waals surface area contributed by atoms with E-state index in [2.05, 4.69) is 9.05 Å². The van der Waals surface area contributed by atoms with E-state index in [9.17, 15) is 4.57 Å². The first-order chi connectivity index (χ1) is 6.44. The van der Waals surface area contributed by atoms with E-state index in [4.69, 9.17) is 14.7 Å². The minimum atomic E-state index is -3.95. The van der Waals surface area contributed by atoms with Crippen LogP contribution in [-0.4, -0.2) is 36.1 Å². The van der Waals surface area contributed by atoms with Crippen LogP contribution in [0.1, 0.15) is 6.92 Å². The molecule has 87 valence electrons. The third kappa shape index (κ3) is 5.33. The molecule has 0 aromatic carbocycles. The van der Waals surface area contributed by atoms with Gasteiger partial charge in [0.05, 0.1) is 12.7 Å². The Morgan fingerprint density at radius 1 is 1.60 bits per heavy atom. The quantitative estimate of drug-likeness (QED) is 0.574. The zero-order chi connectivity index (χ0) is 10.8. The first-order valence-corrected chi connectivity index (χ1v) is 5.66. The van der Waals surface area contributed by atoms with Crippen molar-refractivity contribution in [2.75, 3.05) is 13.7 Å². The van der Waals surface area contributed by atoms with Crippen molar-refractivity contribution in [3.05, 3.63) is 6.42 Å². The van der Waals surface area contributed by atoms with Crippen LogP contribution < -0.4 is 0 Å². The third-order valence-electron chi connectivity index (χ3n) is 2.00. The number of phosphoric ester groups is 1. The topological polar surface area (TPSA) is 85.2 Å². The Morgan fingerprint density at radius 2 is 2.20 bits per heavy atom. The number of hydrogen-bond donors (Lipinski definition) is 2. The molecule has 1 saturated heterocycles. The van der Waals surface area contributed by atoms with Crippen molar-refractivity contribution in [3.8, 4) is 0 Å². The van der Waals surface area contributed by atoms with Crippen molar-refractivity contribution in [3.63, 3.8) is 0 Å². The summed E-state index contributed by atoms with van der Waals surface area (Å²) < 4.78 is 24.7. The Labute approximate surface area is 114 Å². The van der Waals surface area contributed by atoms with Crippen LogP contribution in [-0.2, 0) is 51.1 Å². The number of ether oxygens (including phenoxy) is 1. The summed E-state index contributed by atoms with van der Waals surface area (Å²) in [5, 5.41) is 9.06. The van der Waals surface area contributed by atoms with Gasteiger partial charge in [-0.15, -0.1) is 5.92 Å². The van der Waals surface area contributed by atoms with Gasteiger partial charge in [0.2, 0.25) is 0 Å². The molecule has 1 aliphatic rings. The van der Waals surface area contributed by atoms with E-state index >= 15 is 0 Å². The SMILES string of the molecule is COP(=O)(O)OCC1OC(O)[CH-][C@H]1C.[Y]. The molecule has 8 heteroatoms. The molecule has 1 rings (SSSR count). The summed E-state index contributed by atoms with van der Waals surface area (Å²) in [7, 11) is -2.86. The van der Waals surface area contributed by atoms with Crippen LogP contribution >= 0.6 is 7.82 Å². The van der Waals surface area contributed by atoms with Gasteiger partial charge in [-0.2, -0.15) is 0 Å². The summed E-state index contributed by atoms with van der Waals surface area (Å²) >= 11 is 0. The third-order valence-corrected chi connectivity index (χ3v) is 2.94. The molecular weight excluding hydrogens is 300 g/mol.